The van der Waals surface area contributed by atoms with Gasteiger partial charge in [0.25, 0.3) is 0 Å². The molecule has 0 N–H and O–H groups in total. The van der Waals surface area contributed by atoms with Gasteiger partial charge < -0.3 is 9.47 Å². The van der Waals surface area contributed by atoms with Crippen molar-refractivity contribution in [3.63, 3.8) is 0 Å². The topological polar surface area (TPSA) is 35.5 Å². The molecule has 1 rings (SSSR count). The Morgan fingerprint density at radius 1 is 1.38 bits per heavy atom. The Bertz CT molecular complexity index is 366. The van der Waals surface area contributed by atoms with E-state index >= 15 is 0 Å². The molecule has 0 unspecified atom stereocenters. The van der Waals surface area contributed by atoms with Crippen LogP contribution in [0.2, 0.25) is 0 Å². The molecule has 0 aliphatic carbocycles. The van der Waals surface area contributed by atoms with Crippen molar-refractivity contribution in [2.75, 3.05) is 13.2 Å². The molecule has 1 aromatic carbocycles. The molecule has 0 aliphatic rings. The lowest BCUT2D eigenvalue weighted by molar-refractivity contribution is -0.143. The molecular weight excluding hydrogens is 218 g/mol. The van der Waals surface area contributed by atoms with Crippen molar-refractivity contribution in [3.8, 4) is 5.75 Å². The van der Waals surface area contributed by atoms with Crippen LogP contribution in [0.5, 0.6) is 5.75 Å². The van der Waals surface area contributed by atoms with Crippen LogP contribution in [-0.2, 0) is 9.53 Å². The summed E-state index contributed by atoms with van der Waals surface area (Å²) in [5.41, 5.74) is 0. The van der Waals surface area contributed by atoms with Crippen molar-refractivity contribution >= 4 is 5.97 Å². The highest BCUT2D eigenvalue weighted by Gasteiger charge is 2.06. The first-order valence-electron chi connectivity index (χ1n) is 4.87. The van der Waals surface area contributed by atoms with Gasteiger partial charge in [0.2, 0.25) is 0 Å². The summed E-state index contributed by atoms with van der Waals surface area (Å²) in [6.45, 7) is 1.99. The number of rotatable bonds is 5. The highest BCUT2D eigenvalue weighted by atomic mass is 19.1. The van der Waals surface area contributed by atoms with Crippen LogP contribution < -0.4 is 4.74 Å². The van der Waals surface area contributed by atoms with E-state index in [9.17, 15) is 13.6 Å². The predicted molar refractivity (Wildman–Crippen MR) is 53.1 cm³/mol. The number of ether oxygens (including phenoxy) is 2. The van der Waals surface area contributed by atoms with Gasteiger partial charge in [-0.25, -0.2) is 8.78 Å². The molecule has 0 saturated carbocycles. The quantitative estimate of drug-likeness (QED) is 0.728. The van der Waals surface area contributed by atoms with Gasteiger partial charge in [0.15, 0.2) is 11.6 Å². The second kappa shape index (κ2) is 6.05. The zero-order valence-electron chi connectivity index (χ0n) is 8.83. The minimum Gasteiger partial charge on any atom is -0.490 e. The predicted octanol–water partition coefficient (Wildman–Crippen LogP) is 2.30. The third kappa shape index (κ3) is 3.84. The smallest absolute Gasteiger partial charge is 0.309 e. The minimum absolute atomic E-state index is 0.00137. The molecule has 0 atom stereocenters. The lowest BCUT2D eigenvalue weighted by atomic mass is 10.3. The summed E-state index contributed by atoms with van der Waals surface area (Å²) in [4.78, 5) is 10.9. The monoisotopic (exact) mass is 230 g/mol. The Labute approximate surface area is 92.0 Å². The molecule has 0 aromatic heterocycles. The second-order valence-electron chi connectivity index (χ2n) is 2.98. The molecule has 88 valence electrons. The normalized spacial score (nSPS) is 9.94. The van der Waals surface area contributed by atoms with Crippen LogP contribution in [0.1, 0.15) is 13.3 Å². The largest absolute Gasteiger partial charge is 0.490 e. The third-order valence-electron chi connectivity index (χ3n) is 1.76. The highest BCUT2D eigenvalue weighted by molar-refractivity contribution is 5.69. The van der Waals surface area contributed by atoms with E-state index in [0.717, 1.165) is 12.1 Å². The zero-order valence-corrected chi connectivity index (χ0v) is 8.83. The van der Waals surface area contributed by atoms with Gasteiger partial charge in [-0.05, 0) is 19.1 Å². The fourth-order valence-electron chi connectivity index (χ4n) is 1.07. The second-order valence-corrected chi connectivity index (χ2v) is 2.98. The molecule has 0 heterocycles. The van der Waals surface area contributed by atoms with Crippen LogP contribution in [0, 0.1) is 11.6 Å². The van der Waals surface area contributed by atoms with Crippen LogP contribution in [-0.4, -0.2) is 19.2 Å². The average Bonchev–Trinajstić information content (AvgIpc) is 2.22. The Morgan fingerprint density at radius 3 is 2.75 bits per heavy atom. The van der Waals surface area contributed by atoms with Gasteiger partial charge in [-0.1, -0.05) is 0 Å². The third-order valence-corrected chi connectivity index (χ3v) is 1.76. The van der Waals surface area contributed by atoms with Crippen molar-refractivity contribution in [2.45, 2.75) is 13.3 Å². The van der Waals surface area contributed by atoms with E-state index in [1.165, 1.54) is 6.07 Å². The average molecular weight is 230 g/mol. The first-order chi connectivity index (χ1) is 7.63. The Kier molecular flexibility index (Phi) is 4.69. The molecule has 0 spiro atoms. The van der Waals surface area contributed by atoms with Gasteiger partial charge in [-0.2, -0.15) is 0 Å². The number of esters is 1. The Morgan fingerprint density at radius 2 is 2.12 bits per heavy atom. The van der Waals surface area contributed by atoms with Crippen molar-refractivity contribution in [2.24, 2.45) is 0 Å². The van der Waals surface area contributed by atoms with E-state index in [1.807, 2.05) is 0 Å². The molecule has 0 radical (unpaired) electrons. The summed E-state index contributed by atoms with van der Waals surface area (Å²) in [7, 11) is 0. The van der Waals surface area contributed by atoms with Gasteiger partial charge >= 0.3 is 5.97 Å². The molecule has 1 aromatic rings. The SMILES string of the molecule is CCOC(=O)CCOc1ccc(F)cc1F. The number of carbonyl (C=O) groups is 1. The number of benzene rings is 1. The van der Waals surface area contributed by atoms with Gasteiger partial charge in [0.05, 0.1) is 19.6 Å². The minimum atomic E-state index is -0.788. The zero-order chi connectivity index (χ0) is 12.0. The first-order valence-corrected chi connectivity index (χ1v) is 4.87. The summed E-state index contributed by atoms with van der Waals surface area (Å²) in [6, 6.07) is 2.98. The summed E-state index contributed by atoms with van der Waals surface area (Å²) in [6.07, 6.45) is 0.0324. The van der Waals surface area contributed by atoms with Crippen molar-refractivity contribution in [1.82, 2.24) is 0 Å². The van der Waals surface area contributed by atoms with Gasteiger partial charge in [-0.3, -0.25) is 4.79 Å². The van der Waals surface area contributed by atoms with E-state index in [4.69, 9.17) is 4.74 Å². The number of hydrogen-bond acceptors (Lipinski definition) is 3. The number of hydrogen-bond donors (Lipinski definition) is 0. The fourth-order valence-corrected chi connectivity index (χ4v) is 1.07. The number of carbonyl (C=O) groups excluding carboxylic acids is 1. The van der Waals surface area contributed by atoms with E-state index in [2.05, 4.69) is 4.74 Å². The molecule has 0 fully saturated rings. The van der Waals surface area contributed by atoms with E-state index in [0.29, 0.717) is 6.61 Å². The van der Waals surface area contributed by atoms with Crippen LogP contribution in [0.25, 0.3) is 0 Å². The van der Waals surface area contributed by atoms with Gasteiger partial charge in [0, 0.05) is 6.07 Å². The van der Waals surface area contributed by atoms with Crippen LogP contribution >= 0.6 is 0 Å². The molecule has 0 amide bonds. The molecular formula is C11H12F2O3. The fraction of sp³-hybridized carbons (Fsp3) is 0.364. The van der Waals surface area contributed by atoms with Crippen LogP contribution in [0.4, 0.5) is 8.78 Å². The molecule has 0 bridgehead atoms. The molecule has 0 aliphatic heterocycles. The van der Waals surface area contributed by atoms with Gasteiger partial charge in [-0.15, -0.1) is 0 Å². The number of halogens is 2. The lowest BCUT2D eigenvalue weighted by Gasteiger charge is -2.06. The summed E-state index contributed by atoms with van der Waals surface area (Å²) in [5, 5.41) is 0. The summed E-state index contributed by atoms with van der Waals surface area (Å²) in [5.74, 6) is -1.95. The van der Waals surface area contributed by atoms with E-state index in [-0.39, 0.29) is 18.8 Å². The maximum atomic E-state index is 13.0. The molecule has 16 heavy (non-hydrogen) atoms. The van der Waals surface area contributed by atoms with Crippen LogP contribution in [0.15, 0.2) is 18.2 Å². The van der Waals surface area contributed by atoms with Crippen molar-refractivity contribution in [1.29, 1.82) is 0 Å². The summed E-state index contributed by atoms with van der Waals surface area (Å²) >= 11 is 0. The first kappa shape index (κ1) is 12.4. The maximum Gasteiger partial charge on any atom is 0.309 e. The van der Waals surface area contributed by atoms with Crippen LogP contribution in [0.3, 0.4) is 0 Å². The Hall–Kier alpha value is -1.65. The highest BCUT2D eigenvalue weighted by Crippen LogP contribution is 2.17. The maximum absolute atomic E-state index is 13.0. The van der Waals surface area contributed by atoms with E-state index in [1.54, 1.807) is 6.92 Å². The molecule has 3 nitrogen and oxygen atoms in total. The van der Waals surface area contributed by atoms with Crippen molar-refractivity contribution in [3.05, 3.63) is 29.8 Å². The van der Waals surface area contributed by atoms with Crippen molar-refractivity contribution < 1.29 is 23.0 Å². The molecule has 0 saturated heterocycles. The van der Waals surface area contributed by atoms with Gasteiger partial charge in [0.1, 0.15) is 5.82 Å². The Balaban J connectivity index is 2.40. The van der Waals surface area contributed by atoms with E-state index < -0.39 is 17.6 Å². The standard InChI is InChI=1S/C11H12F2O3/c1-2-15-11(14)5-6-16-10-4-3-8(12)7-9(10)13/h3-4,7H,2,5-6H2,1H3. The lowest BCUT2D eigenvalue weighted by Crippen LogP contribution is -2.10. The molecule has 5 heteroatoms. The summed E-state index contributed by atoms with van der Waals surface area (Å²) < 4.78 is 35.2.